The van der Waals surface area contributed by atoms with Gasteiger partial charge in [-0.2, -0.15) is 0 Å². The highest BCUT2D eigenvalue weighted by molar-refractivity contribution is 7.98. The largest absolute Gasteiger partial charge is 0.451 e. The predicted octanol–water partition coefficient (Wildman–Crippen LogP) is 5.87. The van der Waals surface area contributed by atoms with E-state index in [1.807, 2.05) is 60.7 Å². The van der Waals surface area contributed by atoms with Crippen molar-refractivity contribution in [3.8, 4) is 11.3 Å². The summed E-state index contributed by atoms with van der Waals surface area (Å²) in [5.74, 6) is 1.56. The molecule has 0 radical (unpaired) electrons. The molecule has 0 saturated heterocycles. The van der Waals surface area contributed by atoms with Crippen LogP contribution in [0.4, 0.5) is 0 Å². The van der Waals surface area contributed by atoms with E-state index in [1.54, 1.807) is 30.4 Å². The molecule has 2 aromatic carbocycles. The van der Waals surface area contributed by atoms with Gasteiger partial charge in [0.15, 0.2) is 10.9 Å². The average molecular weight is 485 g/mol. The molecule has 8 heteroatoms. The lowest BCUT2D eigenvalue weighted by molar-refractivity contribution is 0.0762. The van der Waals surface area contributed by atoms with Crippen LogP contribution in [0.5, 0.6) is 0 Å². The number of carbonyl (C=O) groups excluding carboxylic acids is 1. The number of nitrogens with zero attached hydrogens (tertiary/aromatic N) is 4. The summed E-state index contributed by atoms with van der Waals surface area (Å²) in [7, 11) is 1.79. The molecule has 7 nitrogen and oxygen atoms in total. The second-order valence-electron chi connectivity index (χ2n) is 8.10. The third kappa shape index (κ3) is 5.27. The van der Waals surface area contributed by atoms with Crippen LogP contribution in [0.2, 0.25) is 0 Å². The van der Waals surface area contributed by atoms with Gasteiger partial charge in [-0.1, -0.05) is 65.4 Å². The van der Waals surface area contributed by atoms with Gasteiger partial charge in [-0.3, -0.25) is 4.79 Å². The zero-order valence-corrected chi connectivity index (χ0v) is 20.1. The second kappa shape index (κ2) is 10.6. The van der Waals surface area contributed by atoms with Crippen molar-refractivity contribution in [1.82, 2.24) is 20.0 Å². The summed E-state index contributed by atoms with van der Waals surface area (Å²) < 4.78 is 11.5. The van der Waals surface area contributed by atoms with E-state index in [9.17, 15) is 4.79 Å². The van der Waals surface area contributed by atoms with E-state index >= 15 is 0 Å². The molecule has 5 aromatic rings. The first kappa shape index (κ1) is 22.9. The Labute approximate surface area is 207 Å². The summed E-state index contributed by atoms with van der Waals surface area (Å²) in [5.41, 5.74) is 3.39. The van der Waals surface area contributed by atoms with Crippen molar-refractivity contribution in [3.63, 3.8) is 0 Å². The minimum Gasteiger partial charge on any atom is -0.451 e. The van der Waals surface area contributed by atoms with E-state index in [4.69, 9.17) is 8.94 Å². The zero-order chi connectivity index (χ0) is 24.0. The molecule has 0 atom stereocenters. The van der Waals surface area contributed by atoms with Crippen LogP contribution in [-0.2, 0) is 12.2 Å². The number of furan rings is 1. The standard InChI is InChI=1S/C27H24N4O3S/c1-31(16-7-11-20-17-23(30-34-20)19-9-3-2-4-10-19)26(32)25-22(18-35-27-28-14-8-15-29-27)21-12-5-6-13-24(21)33-25/h2-6,8-10,12-15,17H,7,11,16,18H2,1H3. The summed E-state index contributed by atoms with van der Waals surface area (Å²) in [6.07, 6.45) is 4.85. The SMILES string of the molecule is CN(CCCc1cc(-c2ccccc2)no1)C(=O)c1oc2ccccc2c1CSc1ncccn1. The number of thioether (sulfide) groups is 1. The number of amides is 1. The molecule has 5 rings (SSSR count). The summed E-state index contributed by atoms with van der Waals surface area (Å²) in [4.78, 5) is 23.6. The molecule has 1 amide bonds. The highest BCUT2D eigenvalue weighted by atomic mass is 32.2. The van der Waals surface area contributed by atoms with E-state index < -0.39 is 0 Å². The fraction of sp³-hybridized carbons (Fsp3) is 0.185. The van der Waals surface area contributed by atoms with Crippen LogP contribution >= 0.6 is 11.8 Å². The van der Waals surface area contributed by atoms with E-state index in [2.05, 4.69) is 15.1 Å². The van der Waals surface area contributed by atoms with E-state index in [-0.39, 0.29) is 5.91 Å². The normalized spacial score (nSPS) is 11.1. The topological polar surface area (TPSA) is 85.3 Å². The van der Waals surface area contributed by atoms with Crippen LogP contribution in [-0.4, -0.2) is 39.5 Å². The van der Waals surface area contributed by atoms with Crippen LogP contribution in [0.25, 0.3) is 22.2 Å². The molecule has 0 fully saturated rings. The van der Waals surface area contributed by atoms with Crippen molar-refractivity contribution in [2.75, 3.05) is 13.6 Å². The van der Waals surface area contributed by atoms with Crippen molar-refractivity contribution in [2.24, 2.45) is 0 Å². The fourth-order valence-electron chi connectivity index (χ4n) is 3.85. The summed E-state index contributed by atoms with van der Waals surface area (Å²) in [6.45, 7) is 0.561. The molecule has 35 heavy (non-hydrogen) atoms. The molecule has 0 saturated carbocycles. The number of hydrogen-bond donors (Lipinski definition) is 0. The summed E-state index contributed by atoms with van der Waals surface area (Å²) in [5, 5.41) is 5.76. The van der Waals surface area contributed by atoms with E-state index in [0.29, 0.717) is 35.2 Å². The molecular weight excluding hydrogens is 460 g/mol. The van der Waals surface area contributed by atoms with Crippen molar-refractivity contribution >= 4 is 28.6 Å². The van der Waals surface area contributed by atoms with Crippen molar-refractivity contribution in [2.45, 2.75) is 23.8 Å². The molecule has 0 aliphatic rings. The highest BCUT2D eigenvalue weighted by Gasteiger charge is 2.23. The number of aryl methyl sites for hydroxylation is 1. The van der Waals surface area contributed by atoms with Crippen molar-refractivity contribution in [1.29, 1.82) is 0 Å². The Morgan fingerprint density at radius 1 is 1.00 bits per heavy atom. The smallest absolute Gasteiger partial charge is 0.289 e. The maximum Gasteiger partial charge on any atom is 0.289 e. The number of carbonyl (C=O) groups is 1. The summed E-state index contributed by atoms with van der Waals surface area (Å²) >= 11 is 1.48. The lowest BCUT2D eigenvalue weighted by Crippen LogP contribution is -2.28. The molecule has 0 spiro atoms. The minimum atomic E-state index is -0.145. The van der Waals surface area contributed by atoms with E-state index in [0.717, 1.165) is 34.4 Å². The molecule has 0 unspecified atom stereocenters. The minimum absolute atomic E-state index is 0.145. The molecular formula is C27H24N4O3S. The van der Waals surface area contributed by atoms with Crippen molar-refractivity contribution < 1.29 is 13.7 Å². The van der Waals surface area contributed by atoms with Gasteiger partial charge in [0.05, 0.1) is 0 Å². The van der Waals surface area contributed by atoms with Crippen LogP contribution in [0, 0.1) is 0 Å². The van der Waals surface area contributed by atoms with Gasteiger partial charge < -0.3 is 13.8 Å². The number of hydrogen-bond acceptors (Lipinski definition) is 7. The Kier molecular flexibility index (Phi) is 6.90. The molecule has 0 aliphatic heterocycles. The van der Waals surface area contributed by atoms with E-state index in [1.165, 1.54) is 11.8 Å². The molecule has 0 N–H and O–H groups in total. The fourth-order valence-corrected chi connectivity index (χ4v) is 4.68. The molecule has 3 heterocycles. The number of rotatable bonds is 9. The van der Waals surface area contributed by atoms with Crippen LogP contribution in [0.1, 0.15) is 28.3 Å². The molecule has 176 valence electrons. The van der Waals surface area contributed by atoms with Gasteiger partial charge in [0, 0.05) is 60.7 Å². The maximum absolute atomic E-state index is 13.3. The monoisotopic (exact) mass is 484 g/mol. The van der Waals surface area contributed by atoms with Gasteiger partial charge in [0.1, 0.15) is 17.0 Å². The Morgan fingerprint density at radius 2 is 1.77 bits per heavy atom. The lowest BCUT2D eigenvalue weighted by Gasteiger charge is -2.16. The van der Waals surface area contributed by atoms with Crippen LogP contribution < -0.4 is 0 Å². The van der Waals surface area contributed by atoms with Gasteiger partial charge >= 0.3 is 0 Å². The average Bonchev–Trinajstić information content (AvgIpc) is 3.53. The zero-order valence-electron chi connectivity index (χ0n) is 19.3. The third-order valence-corrected chi connectivity index (χ3v) is 6.57. The van der Waals surface area contributed by atoms with Crippen molar-refractivity contribution in [3.05, 3.63) is 96.2 Å². The number of benzene rings is 2. The summed E-state index contributed by atoms with van der Waals surface area (Å²) in [6, 6.07) is 21.4. The van der Waals surface area contributed by atoms with Gasteiger partial charge in [-0.25, -0.2) is 9.97 Å². The Morgan fingerprint density at radius 3 is 2.60 bits per heavy atom. The number of fused-ring (bicyclic) bond motifs is 1. The quantitative estimate of drug-likeness (QED) is 0.191. The number of para-hydroxylation sites is 1. The third-order valence-electron chi connectivity index (χ3n) is 5.67. The Balaban J connectivity index is 1.25. The van der Waals surface area contributed by atoms with Gasteiger partial charge in [-0.15, -0.1) is 0 Å². The molecule has 0 bridgehead atoms. The predicted molar refractivity (Wildman–Crippen MR) is 135 cm³/mol. The van der Waals surface area contributed by atoms with Gasteiger partial charge in [-0.05, 0) is 18.6 Å². The Hall–Kier alpha value is -3.91. The van der Waals surface area contributed by atoms with Gasteiger partial charge in [0.25, 0.3) is 5.91 Å². The second-order valence-corrected chi connectivity index (χ2v) is 9.04. The maximum atomic E-state index is 13.3. The first-order chi connectivity index (χ1) is 17.2. The van der Waals surface area contributed by atoms with Gasteiger partial charge in [0.2, 0.25) is 0 Å². The lowest BCUT2D eigenvalue weighted by atomic mass is 10.1. The molecule has 0 aliphatic carbocycles. The first-order valence-corrected chi connectivity index (χ1v) is 12.3. The number of aromatic nitrogens is 3. The van der Waals surface area contributed by atoms with Crippen LogP contribution in [0.3, 0.4) is 0 Å². The van der Waals surface area contributed by atoms with Crippen LogP contribution in [0.15, 0.2) is 93.2 Å². The molecule has 3 aromatic heterocycles. The Bertz CT molecular complexity index is 1420. The first-order valence-electron chi connectivity index (χ1n) is 11.4. The highest BCUT2D eigenvalue weighted by Crippen LogP contribution is 2.31.